The highest BCUT2D eigenvalue weighted by Crippen LogP contribution is 2.29. The zero-order valence-electron chi connectivity index (χ0n) is 13.5. The summed E-state index contributed by atoms with van der Waals surface area (Å²) < 4.78 is 0. The third-order valence-corrected chi connectivity index (χ3v) is 3.63. The van der Waals surface area contributed by atoms with Gasteiger partial charge in [-0.3, -0.25) is 9.59 Å². The second-order valence-corrected chi connectivity index (χ2v) is 6.76. The van der Waals surface area contributed by atoms with Crippen LogP contribution in [0.5, 0.6) is 0 Å². The van der Waals surface area contributed by atoms with Gasteiger partial charge >= 0.3 is 5.97 Å². The lowest BCUT2D eigenvalue weighted by molar-refractivity contribution is -0.143. The SMILES string of the molecule is CC(C)(C(=O)N(CCC(=O)O)C(C)(C)C)c1ccccc1. The third-order valence-electron chi connectivity index (χ3n) is 3.63. The molecule has 0 heterocycles. The first-order chi connectivity index (χ1) is 9.56. The number of amides is 1. The molecule has 1 rings (SSSR count). The summed E-state index contributed by atoms with van der Waals surface area (Å²) >= 11 is 0. The van der Waals surface area contributed by atoms with E-state index in [4.69, 9.17) is 5.11 Å². The van der Waals surface area contributed by atoms with E-state index in [1.54, 1.807) is 4.90 Å². The highest BCUT2D eigenvalue weighted by molar-refractivity contribution is 5.88. The van der Waals surface area contributed by atoms with Crippen LogP contribution in [0.3, 0.4) is 0 Å². The Labute approximate surface area is 126 Å². The molecule has 0 atom stereocenters. The van der Waals surface area contributed by atoms with Crippen LogP contribution in [0.25, 0.3) is 0 Å². The lowest BCUT2D eigenvalue weighted by Gasteiger charge is -2.40. The van der Waals surface area contributed by atoms with Crippen LogP contribution in [0.2, 0.25) is 0 Å². The van der Waals surface area contributed by atoms with E-state index in [1.165, 1.54) is 0 Å². The molecule has 0 aliphatic rings. The Balaban J connectivity index is 3.07. The fraction of sp³-hybridized carbons (Fsp3) is 0.529. The van der Waals surface area contributed by atoms with Crippen LogP contribution in [0.4, 0.5) is 0 Å². The number of carboxylic acid groups (broad SMARTS) is 1. The van der Waals surface area contributed by atoms with Crippen molar-refractivity contribution >= 4 is 11.9 Å². The molecule has 116 valence electrons. The molecule has 0 radical (unpaired) electrons. The van der Waals surface area contributed by atoms with Gasteiger partial charge < -0.3 is 10.0 Å². The highest BCUT2D eigenvalue weighted by Gasteiger charge is 2.38. The van der Waals surface area contributed by atoms with Gasteiger partial charge in [-0.1, -0.05) is 30.3 Å². The fourth-order valence-corrected chi connectivity index (χ4v) is 2.26. The predicted molar refractivity (Wildman–Crippen MR) is 83.2 cm³/mol. The van der Waals surface area contributed by atoms with E-state index in [0.717, 1.165) is 5.56 Å². The van der Waals surface area contributed by atoms with Crippen LogP contribution in [0, 0.1) is 0 Å². The van der Waals surface area contributed by atoms with Crippen LogP contribution in [-0.4, -0.2) is 34.0 Å². The van der Waals surface area contributed by atoms with Crippen molar-refractivity contribution in [2.45, 2.75) is 52.0 Å². The van der Waals surface area contributed by atoms with E-state index < -0.39 is 16.9 Å². The molecule has 1 N–H and O–H groups in total. The molecule has 0 bridgehead atoms. The van der Waals surface area contributed by atoms with E-state index in [1.807, 2.05) is 65.0 Å². The lowest BCUT2D eigenvalue weighted by Crippen LogP contribution is -2.53. The maximum atomic E-state index is 13.0. The van der Waals surface area contributed by atoms with Gasteiger partial charge in [0.05, 0.1) is 11.8 Å². The number of aliphatic carboxylic acids is 1. The minimum atomic E-state index is -0.894. The van der Waals surface area contributed by atoms with Crippen molar-refractivity contribution in [3.05, 3.63) is 35.9 Å². The molecule has 0 spiro atoms. The Kier molecular flexibility index (Phi) is 5.15. The van der Waals surface area contributed by atoms with Crippen molar-refractivity contribution in [2.75, 3.05) is 6.54 Å². The van der Waals surface area contributed by atoms with Crippen LogP contribution >= 0.6 is 0 Å². The molecule has 0 unspecified atom stereocenters. The summed E-state index contributed by atoms with van der Waals surface area (Å²) in [4.78, 5) is 25.5. The minimum Gasteiger partial charge on any atom is -0.481 e. The average Bonchev–Trinajstić information content (AvgIpc) is 2.37. The van der Waals surface area contributed by atoms with Crippen LogP contribution in [0.1, 0.15) is 46.6 Å². The van der Waals surface area contributed by atoms with Gasteiger partial charge in [0.1, 0.15) is 0 Å². The second kappa shape index (κ2) is 6.29. The van der Waals surface area contributed by atoms with E-state index >= 15 is 0 Å². The molecule has 1 aromatic carbocycles. The first-order valence-electron chi connectivity index (χ1n) is 7.16. The largest absolute Gasteiger partial charge is 0.481 e. The maximum absolute atomic E-state index is 13.0. The van der Waals surface area contributed by atoms with Crippen LogP contribution in [0.15, 0.2) is 30.3 Å². The molecule has 1 amide bonds. The monoisotopic (exact) mass is 291 g/mol. The van der Waals surface area contributed by atoms with Gasteiger partial charge in [0.2, 0.25) is 5.91 Å². The van der Waals surface area contributed by atoms with Gasteiger partial charge in [0, 0.05) is 12.1 Å². The lowest BCUT2D eigenvalue weighted by atomic mass is 9.82. The number of nitrogens with zero attached hydrogens (tertiary/aromatic N) is 1. The summed E-state index contributed by atoms with van der Waals surface area (Å²) in [5.41, 5.74) is -0.175. The minimum absolute atomic E-state index is 0.0477. The van der Waals surface area contributed by atoms with Gasteiger partial charge in [-0.2, -0.15) is 0 Å². The summed E-state index contributed by atoms with van der Waals surface area (Å²) in [6.07, 6.45) is -0.0477. The quantitative estimate of drug-likeness (QED) is 0.907. The van der Waals surface area contributed by atoms with Gasteiger partial charge in [-0.25, -0.2) is 0 Å². The van der Waals surface area contributed by atoms with Crippen LogP contribution in [-0.2, 0) is 15.0 Å². The summed E-state index contributed by atoms with van der Waals surface area (Å²) in [5, 5.41) is 8.89. The van der Waals surface area contributed by atoms with Crippen molar-refractivity contribution < 1.29 is 14.7 Å². The molecule has 0 fully saturated rings. The fourth-order valence-electron chi connectivity index (χ4n) is 2.26. The zero-order chi connectivity index (χ0) is 16.3. The molecule has 0 aliphatic heterocycles. The Hall–Kier alpha value is -1.84. The zero-order valence-corrected chi connectivity index (χ0v) is 13.5. The first kappa shape index (κ1) is 17.2. The number of benzene rings is 1. The Morgan fingerprint density at radius 2 is 1.57 bits per heavy atom. The second-order valence-electron chi connectivity index (χ2n) is 6.76. The van der Waals surface area contributed by atoms with Crippen molar-refractivity contribution in [2.24, 2.45) is 0 Å². The van der Waals surface area contributed by atoms with E-state index in [0.29, 0.717) is 0 Å². The smallest absolute Gasteiger partial charge is 0.305 e. The average molecular weight is 291 g/mol. The number of carboxylic acids is 1. The van der Waals surface area contributed by atoms with Crippen molar-refractivity contribution in [1.82, 2.24) is 4.90 Å². The van der Waals surface area contributed by atoms with E-state index in [-0.39, 0.29) is 18.9 Å². The number of hydrogen-bond acceptors (Lipinski definition) is 2. The molecular weight excluding hydrogens is 266 g/mol. The number of hydrogen-bond donors (Lipinski definition) is 1. The van der Waals surface area contributed by atoms with Gasteiger partial charge in [-0.15, -0.1) is 0 Å². The van der Waals surface area contributed by atoms with E-state index in [9.17, 15) is 9.59 Å². The maximum Gasteiger partial charge on any atom is 0.305 e. The van der Waals surface area contributed by atoms with E-state index in [2.05, 4.69) is 0 Å². The Bertz CT molecular complexity index is 501. The number of rotatable bonds is 5. The molecule has 0 saturated carbocycles. The molecule has 1 aromatic rings. The topological polar surface area (TPSA) is 57.6 Å². The summed E-state index contributed by atoms with van der Waals surface area (Å²) in [5.74, 6) is -0.947. The third kappa shape index (κ3) is 4.31. The molecule has 4 nitrogen and oxygen atoms in total. The summed E-state index contributed by atoms with van der Waals surface area (Å²) in [6, 6.07) is 9.58. The Morgan fingerprint density at radius 1 is 1.05 bits per heavy atom. The van der Waals surface area contributed by atoms with Crippen molar-refractivity contribution in [3.8, 4) is 0 Å². The van der Waals surface area contributed by atoms with Crippen LogP contribution < -0.4 is 0 Å². The summed E-state index contributed by atoms with van der Waals surface area (Å²) in [6.45, 7) is 9.75. The molecule has 0 saturated heterocycles. The summed E-state index contributed by atoms with van der Waals surface area (Å²) in [7, 11) is 0. The molecule has 21 heavy (non-hydrogen) atoms. The van der Waals surface area contributed by atoms with Crippen molar-refractivity contribution in [1.29, 1.82) is 0 Å². The van der Waals surface area contributed by atoms with Gasteiger partial charge in [0.15, 0.2) is 0 Å². The van der Waals surface area contributed by atoms with Gasteiger partial charge in [-0.05, 0) is 40.2 Å². The first-order valence-corrected chi connectivity index (χ1v) is 7.16. The van der Waals surface area contributed by atoms with Crippen molar-refractivity contribution in [3.63, 3.8) is 0 Å². The highest BCUT2D eigenvalue weighted by atomic mass is 16.4. The standard InChI is InChI=1S/C17H25NO3/c1-16(2,3)18(12-11-14(19)20)15(21)17(4,5)13-9-7-6-8-10-13/h6-10H,11-12H2,1-5H3,(H,19,20). The predicted octanol–water partition coefficient (Wildman–Crippen LogP) is 3.07. The molecule has 0 aliphatic carbocycles. The Morgan fingerprint density at radius 3 is 2.00 bits per heavy atom. The molecule has 0 aromatic heterocycles. The van der Waals surface area contributed by atoms with Gasteiger partial charge in [0.25, 0.3) is 0 Å². The molecular formula is C17H25NO3. The number of carbonyl (C=O) groups excluding carboxylic acids is 1. The molecule has 4 heteroatoms. The normalized spacial score (nSPS) is 12.0. The number of carbonyl (C=O) groups is 2.